The Morgan fingerprint density at radius 1 is 1.42 bits per heavy atom. The summed E-state index contributed by atoms with van der Waals surface area (Å²) in [5.74, 6) is -0.157. The SMILES string of the molecule is CSC1=N/C(=C\c2ccc3c(cnn3C)c2)C(=O)N1. The average molecular weight is 272 g/mol. The molecule has 2 aromatic rings. The molecule has 19 heavy (non-hydrogen) atoms. The van der Waals surface area contributed by atoms with E-state index in [0.717, 1.165) is 16.5 Å². The number of benzene rings is 1. The number of aromatic nitrogens is 2. The lowest BCUT2D eigenvalue weighted by molar-refractivity contribution is -0.115. The van der Waals surface area contributed by atoms with Crippen molar-refractivity contribution >= 4 is 39.8 Å². The van der Waals surface area contributed by atoms with Gasteiger partial charge in [-0.2, -0.15) is 5.10 Å². The summed E-state index contributed by atoms with van der Waals surface area (Å²) >= 11 is 1.42. The Morgan fingerprint density at radius 3 is 3.00 bits per heavy atom. The Balaban J connectivity index is 2.01. The van der Waals surface area contributed by atoms with E-state index in [-0.39, 0.29) is 5.91 Å². The van der Waals surface area contributed by atoms with Crippen LogP contribution in [0.4, 0.5) is 0 Å². The summed E-state index contributed by atoms with van der Waals surface area (Å²) < 4.78 is 1.82. The Labute approximate surface area is 114 Å². The van der Waals surface area contributed by atoms with Crippen LogP contribution in [0.15, 0.2) is 35.1 Å². The zero-order valence-electron chi connectivity index (χ0n) is 10.5. The van der Waals surface area contributed by atoms with Crippen molar-refractivity contribution in [1.29, 1.82) is 0 Å². The fourth-order valence-corrected chi connectivity index (χ4v) is 2.36. The summed E-state index contributed by atoms with van der Waals surface area (Å²) in [6.07, 6.45) is 5.47. The highest BCUT2D eigenvalue weighted by Gasteiger charge is 2.18. The molecule has 1 aliphatic heterocycles. The van der Waals surface area contributed by atoms with Crippen molar-refractivity contribution in [2.75, 3.05) is 6.26 Å². The van der Waals surface area contributed by atoms with Gasteiger partial charge in [-0.25, -0.2) is 4.99 Å². The van der Waals surface area contributed by atoms with Crippen molar-refractivity contribution in [3.05, 3.63) is 35.7 Å². The molecule has 0 unspecified atom stereocenters. The van der Waals surface area contributed by atoms with Gasteiger partial charge in [-0.1, -0.05) is 17.8 Å². The van der Waals surface area contributed by atoms with Crippen LogP contribution in [-0.2, 0) is 11.8 Å². The van der Waals surface area contributed by atoms with Crippen molar-refractivity contribution < 1.29 is 4.79 Å². The number of nitrogens with one attached hydrogen (secondary N) is 1. The lowest BCUT2D eigenvalue weighted by Gasteiger charge is -1.97. The number of hydrogen-bond donors (Lipinski definition) is 1. The second-order valence-corrected chi connectivity index (χ2v) is 4.99. The second-order valence-electron chi connectivity index (χ2n) is 4.19. The molecule has 0 saturated heterocycles. The minimum Gasteiger partial charge on any atom is -0.300 e. The Hall–Kier alpha value is -2.08. The highest BCUT2D eigenvalue weighted by Crippen LogP contribution is 2.19. The molecule has 0 radical (unpaired) electrons. The van der Waals surface area contributed by atoms with Crippen molar-refractivity contribution in [1.82, 2.24) is 15.1 Å². The van der Waals surface area contributed by atoms with E-state index < -0.39 is 0 Å². The van der Waals surface area contributed by atoms with E-state index in [0.29, 0.717) is 10.9 Å². The first-order valence-corrected chi connectivity index (χ1v) is 6.97. The third-order valence-electron chi connectivity index (χ3n) is 2.94. The van der Waals surface area contributed by atoms with Gasteiger partial charge in [0.1, 0.15) is 5.70 Å². The number of carbonyl (C=O) groups excluding carboxylic acids is 1. The molecule has 1 N–H and O–H groups in total. The number of thioether (sulfide) groups is 1. The lowest BCUT2D eigenvalue weighted by atomic mass is 10.1. The van der Waals surface area contributed by atoms with Gasteiger partial charge in [0.05, 0.1) is 11.7 Å². The topological polar surface area (TPSA) is 59.3 Å². The van der Waals surface area contributed by atoms with Crippen LogP contribution in [0.5, 0.6) is 0 Å². The third kappa shape index (κ3) is 2.15. The van der Waals surface area contributed by atoms with Crippen LogP contribution < -0.4 is 5.32 Å². The Kier molecular flexibility index (Phi) is 2.87. The van der Waals surface area contributed by atoms with E-state index in [2.05, 4.69) is 15.4 Å². The molecule has 0 bridgehead atoms. The highest BCUT2D eigenvalue weighted by molar-refractivity contribution is 8.13. The number of amidine groups is 1. The summed E-state index contributed by atoms with van der Waals surface area (Å²) in [6, 6.07) is 5.94. The Bertz CT molecular complexity index is 729. The number of hydrogen-bond acceptors (Lipinski definition) is 4. The number of amides is 1. The van der Waals surface area contributed by atoms with Crippen molar-refractivity contribution in [3.63, 3.8) is 0 Å². The molecule has 0 aliphatic carbocycles. The van der Waals surface area contributed by atoms with Gasteiger partial charge in [-0.15, -0.1) is 0 Å². The monoisotopic (exact) mass is 272 g/mol. The molecule has 1 aliphatic rings. The lowest BCUT2D eigenvalue weighted by Crippen LogP contribution is -2.21. The van der Waals surface area contributed by atoms with E-state index in [4.69, 9.17) is 0 Å². The number of aryl methyl sites for hydroxylation is 1. The molecule has 2 heterocycles. The molecule has 1 aromatic heterocycles. The predicted octanol–water partition coefficient (Wildman–Crippen LogP) is 1.76. The number of fused-ring (bicyclic) bond motifs is 1. The van der Waals surface area contributed by atoms with E-state index >= 15 is 0 Å². The maximum Gasteiger partial charge on any atom is 0.275 e. The molecule has 0 spiro atoms. The fraction of sp³-hybridized carbons (Fsp3) is 0.154. The predicted molar refractivity (Wildman–Crippen MR) is 77.8 cm³/mol. The first-order chi connectivity index (χ1) is 9.17. The van der Waals surface area contributed by atoms with E-state index in [1.54, 1.807) is 6.08 Å². The third-order valence-corrected chi connectivity index (χ3v) is 3.52. The van der Waals surface area contributed by atoms with Gasteiger partial charge in [-0.05, 0) is 30.0 Å². The smallest absolute Gasteiger partial charge is 0.275 e. The summed E-state index contributed by atoms with van der Waals surface area (Å²) in [4.78, 5) is 15.9. The summed E-state index contributed by atoms with van der Waals surface area (Å²) in [5, 5.41) is 8.58. The Morgan fingerprint density at radius 2 is 2.26 bits per heavy atom. The van der Waals surface area contributed by atoms with Crippen molar-refractivity contribution in [2.24, 2.45) is 12.0 Å². The number of carbonyl (C=O) groups is 1. The summed E-state index contributed by atoms with van der Waals surface area (Å²) in [6.45, 7) is 0. The molecule has 6 heteroatoms. The van der Waals surface area contributed by atoms with E-state index in [9.17, 15) is 4.79 Å². The van der Waals surface area contributed by atoms with Gasteiger partial charge >= 0.3 is 0 Å². The van der Waals surface area contributed by atoms with Crippen LogP contribution in [-0.4, -0.2) is 27.1 Å². The second kappa shape index (κ2) is 4.55. The summed E-state index contributed by atoms with van der Waals surface area (Å²) in [5.41, 5.74) is 2.44. The molecule has 0 saturated carbocycles. The molecule has 0 atom stereocenters. The van der Waals surface area contributed by atoms with Crippen LogP contribution in [0.3, 0.4) is 0 Å². The number of nitrogens with zero attached hydrogens (tertiary/aromatic N) is 3. The first kappa shape index (κ1) is 12.0. The van der Waals surface area contributed by atoms with Crippen LogP contribution in [0.1, 0.15) is 5.56 Å². The molecule has 0 fully saturated rings. The van der Waals surface area contributed by atoms with Crippen molar-refractivity contribution in [2.45, 2.75) is 0 Å². The summed E-state index contributed by atoms with van der Waals surface area (Å²) in [7, 11) is 1.90. The van der Waals surface area contributed by atoms with Gasteiger partial charge in [0.15, 0.2) is 5.17 Å². The van der Waals surface area contributed by atoms with Gasteiger partial charge in [0.2, 0.25) is 0 Å². The molecule has 96 valence electrons. The molecular formula is C13H12N4OS. The quantitative estimate of drug-likeness (QED) is 0.805. The normalized spacial score (nSPS) is 17.1. The largest absolute Gasteiger partial charge is 0.300 e. The fourth-order valence-electron chi connectivity index (χ4n) is 1.97. The number of rotatable bonds is 1. The molecule has 1 amide bonds. The van der Waals surface area contributed by atoms with Crippen LogP contribution in [0.2, 0.25) is 0 Å². The van der Waals surface area contributed by atoms with Gasteiger partial charge in [-0.3, -0.25) is 14.8 Å². The zero-order valence-corrected chi connectivity index (χ0v) is 11.4. The average Bonchev–Trinajstić information content (AvgIpc) is 2.94. The molecule has 3 rings (SSSR count). The molecule has 1 aromatic carbocycles. The van der Waals surface area contributed by atoms with E-state index in [1.165, 1.54) is 11.8 Å². The maximum atomic E-state index is 11.7. The molecular weight excluding hydrogens is 260 g/mol. The minimum atomic E-state index is -0.157. The maximum absolute atomic E-state index is 11.7. The van der Waals surface area contributed by atoms with Gasteiger partial charge in [0.25, 0.3) is 5.91 Å². The number of aliphatic imine (C=N–C) groups is 1. The van der Waals surface area contributed by atoms with Crippen LogP contribution in [0, 0.1) is 0 Å². The standard InChI is InChI=1S/C13H12N4OS/c1-17-11-4-3-8(5-9(11)7-14-17)6-10-12(18)16-13(15-10)19-2/h3-7H,1-2H3,(H,15,16,18)/b10-6-. The zero-order chi connectivity index (χ0) is 13.4. The minimum absolute atomic E-state index is 0.157. The first-order valence-electron chi connectivity index (χ1n) is 5.75. The van der Waals surface area contributed by atoms with Crippen molar-refractivity contribution in [3.8, 4) is 0 Å². The van der Waals surface area contributed by atoms with Crippen LogP contribution in [0.25, 0.3) is 17.0 Å². The van der Waals surface area contributed by atoms with Gasteiger partial charge < -0.3 is 0 Å². The van der Waals surface area contributed by atoms with E-state index in [1.807, 2.05) is 42.4 Å². The highest BCUT2D eigenvalue weighted by atomic mass is 32.2. The van der Waals surface area contributed by atoms with Crippen LogP contribution >= 0.6 is 11.8 Å². The van der Waals surface area contributed by atoms with Gasteiger partial charge in [0, 0.05) is 12.4 Å². The molecule has 5 nitrogen and oxygen atoms in total.